The zero-order chi connectivity index (χ0) is 23.8. The average Bonchev–Trinajstić information content (AvgIpc) is 3.26. The second-order valence-corrected chi connectivity index (χ2v) is 8.52. The van der Waals surface area contributed by atoms with Crippen LogP contribution in [0.1, 0.15) is 19.4 Å². The second kappa shape index (κ2) is 11.4. The lowest BCUT2D eigenvalue weighted by Gasteiger charge is -2.13. The van der Waals surface area contributed by atoms with Crippen LogP contribution < -0.4 is 16.4 Å². The molecule has 0 spiro atoms. The molecule has 0 radical (unpaired) electrons. The molecule has 3 heterocycles. The molecule has 0 atom stereocenters. The first kappa shape index (κ1) is 24.2. The van der Waals surface area contributed by atoms with Crippen molar-refractivity contribution in [1.82, 2.24) is 19.9 Å². The Hall–Kier alpha value is -3.49. The number of aromatic nitrogens is 3. The molecule has 0 fully saturated rings. The summed E-state index contributed by atoms with van der Waals surface area (Å²) in [6.07, 6.45) is 5.44. The number of anilines is 3. The van der Waals surface area contributed by atoms with E-state index in [2.05, 4.69) is 55.3 Å². The molecular formula is C25H31N7S. The summed E-state index contributed by atoms with van der Waals surface area (Å²) in [6, 6.07) is 12.2. The fraction of sp³-hybridized carbons (Fsp3) is 0.240. The average molecular weight is 462 g/mol. The Kier molecular flexibility index (Phi) is 8.34. The smallest absolute Gasteiger partial charge is 0.180 e. The van der Waals surface area contributed by atoms with Crippen molar-refractivity contribution < 1.29 is 0 Å². The molecule has 3 aromatic heterocycles. The monoisotopic (exact) mass is 461 g/mol. The number of likely N-dealkylation sites (N-methyl/N-ethyl adjacent to an activating group) is 1. The van der Waals surface area contributed by atoms with Crippen LogP contribution in [0.5, 0.6) is 0 Å². The minimum Gasteiger partial charge on any atom is -0.375 e. The number of nitrogens with one attached hydrogen (secondary N) is 2. The van der Waals surface area contributed by atoms with Gasteiger partial charge in [0.1, 0.15) is 11.6 Å². The van der Waals surface area contributed by atoms with E-state index in [9.17, 15) is 0 Å². The van der Waals surface area contributed by atoms with Crippen LogP contribution in [0.4, 0.5) is 16.8 Å². The molecule has 172 valence electrons. The van der Waals surface area contributed by atoms with Crippen LogP contribution in [0, 0.1) is 0 Å². The summed E-state index contributed by atoms with van der Waals surface area (Å²) in [4.78, 5) is 16.2. The fourth-order valence-electron chi connectivity index (χ4n) is 3.13. The summed E-state index contributed by atoms with van der Waals surface area (Å²) in [5, 5.41) is 9.36. The molecule has 4 N–H and O–H groups in total. The van der Waals surface area contributed by atoms with Crippen molar-refractivity contribution in [3.63, 3.8) is 0 Å². The lowest BCUT2D eigenvalue weighted by atomic mass is 10.1. The van der Waals surface area contributed by atoms with Crippen LogP contribution in [0.3, 0.4) is 0 Å². The Morgan fingerprint density at radius 2 is 1.82 bits per heavy atom. The van der Waals surface area contributed by atoms with E-state index in [1.54, 1.807) is 12.4 Å². The number of hydrogen-bond acceptors (Lipinski definition) is 8. The molecule has 0 aliphatic heterocycles. The van der Waals surface area contributed by atoms with Crippen LogP contribution in [0.25, 0.3) is 26.9 Å². The van der Waals surface area contributed by atoms with Crippen molar-refractivity contribution >= 4 is 44.6 Å². The standard InChI is InChI=1S/C23H25N7S.C2H6/c1-15(16-6-7-25-21(11-16)26-8-9-30(2)3)29-22-12-19-10-17(4-5-18(19)13-27-22)20-14-28-23(24)31-20;1-2/h4-7,10-14H,1,8-9H2,2-3H3,(H2,24,28)(H,25,26)(H,27,29);1-2H3. The zero-order valence-corrected chi connectivity index (χ0v) is 20.4. The fourth-order valence-corrected chi connectivity index (χ4v) is 3.81. The van der Waals surface area contributed by atoms with Gasteiger partial charge in [-0.15, -0.1) is 0 Å². The van der Waals surface area contributed by atoms with Gasteiger partial charge in [-0.25, -0.2) is 15.0 Å². The van der Waals surface area contributed by atoms with Crippen LogP contribution >= 0.6 is 11.3 Å². The van der Waals surface area contributed by atoms with E-state index in [1.807, 2.05) is 52.3 Å². The van der Waals surface area contributed by atoms with Crippen molar-refractivity contribution in [2.75, 3.05) is 43.6 Å². The number of pyridine rings is 2. The SMILES string of the molecule is C=C(Nc1cc2cc(-c3cnc(N)s3)ccc2cn1)c1ccnc(NCCN(C)C)c1.CC. The molecule has 0 saturated carbocycles. The molecule has 7 nitrogen and oxygen atoms in total. The molecule has 0 amide bonds. The highest BCUT2D eigenvalue weighted by Crippen LogP contribution is 2.30. The maximum Gasteiger partial charge on any atom is 0.180 e. The molecule has 0 aliphatic carbocycles. The van der Waals surface area contributed by atoms with E-state index in [1.165, 1.54) is 11.3 Å². The maximum atomic E-state index is 5.78. The van der Waals surface area contributed by atoms with Crippen molar-refractivity contribution in [2.24, 2.45) is 0 Å². The van der Waals surface area contributed by atoms with Gasteiger partial charge >= 0.3 is 0 Å². The summed E-state index contributed by atoms with van der Waals surface area (Å²) < 4.78 is 0. The summed E-state index contributed by atoms with van der Waals surface area (Å²) in [7, 11) is 4.09. The van der Waals surface area contributed by atoms with Crippen LogP contribution in [-0.4, -0.2) is 47.0 Å². The van der Waals surface area contributed by atoms with Crippen molar-refractivity contribution in [3.05, 3.63) is 67.1 Å². The van der Waals surface area contributed by atoms with E-state index in [4.69, 9.17) is 5.73 Å². The molecule has 33 heavy (non-hydrogen) atoms. The maximum absolute atomic E-state index is 5.78. The lowest BCUT2D eigenvalue weighted by molar-refractivity contribution is 0.425. The summed E-state index contributed by atoms with van der Waals surface area (Å²) >= 11 is 1.48. The Balaban J connectivity index is 0.00000149. The van der Waals surface area contributed by atoms with Gasteiger partial charge in [0, 0.05) is 48.3 Å². The number of nitrogen functional groups attached to an aromatic ring is 1. The van der Waals surface area contributed by atoms with Crippen LogP contribution in [-0.2, 0) is 0 Å². The van der Waals surface area contributed by atoms with E-state index in [0.29, 0.717) is 5.13 Å². The number of rotatable bonds is 8. The predicted octanol–water partition coefficient (Wildman–Crippen LogP) is 5.42. The van der Waals surface area contributed by atoms with E-state index < -0.39 is 0 Å². The third kappa shape index (κ3) is 6.50. The first-order valence-electron chi connectivity index (χ1n) is 10.9. The molecule has 1 aromatic carbocycles. The highest BCUT2D eigenvalue weighted by molar-refractivity contribution is 7.18. The molecule has 0 bridgehead atoms. The Bertz CT molecular complexity index is 1220. The Morgan fingerprint density at radius 3 is 2.55 bits per heavy atom. The number of nitrogens with two attached hydrogens (primary N) is 1. The Morgan fingerprint density at radius 1 is 1.00 bits per heavy atom. The number of thiazole rings is 1. The first-order chi connectivity index (χ1) is 16.0. The van der Waals surface area contributed by atoms with Gasteiger partial charge in [-0.05, 0) is 49.3 Å². The summed E-state index contributed by atoms with van der Waals surface area (Å²) in [5.41, 5.74) is 8.58. The molecule has 0 saturated heterocycles. The number of hydrogen-bond donors (Lipinski definition) is 3. The normalized spacial score (nSPS) is 10.6. The third-order valence-electron chi connectivity index (χ3n) is 4.78. The van der Waals surface area contributed by atoms with Crippen molar-refractivity contribution in [2.45, 2.75) is 13.8 Å². The first-order valence-corrected chi connectivity index (χ1v) is 11.7. The van der Waals surface area contributed by atoms with Crippen LogP contribution in [0.2, 0.25) is 0 Å². The predicted molar refractivity (Wildman–Crippen MR) is 143 cm³/mol. The second-order valence-electron chi connectivity index (χ2n) is 7.46. The highest BCUT2D eigenvalue weighted by Gasteiger charge is 2.07. The van der Waals surface area contributed by atoms with E-state index in [0.717, 1.165) is 57.2 Å². The van der Waals surface area contributed by atoms with Gasteiger partial charge < -0.3 is 21.3 Å². The number of nitrogens with zero attached hydrogens (tertiary/aromatic N) is 4. The highest BCUT2D eigenvalue weighted by atomic mass is 32.1. The van der Waals surface area contributed by atoms with E-state index in [-0.39, 0.29) is 0 Å². The van der Waals surface area contributed by atoms with Gasteiger partial charge in [-0.2, -0.15) is 0 Å². The lowest BCUT2D eigenvalue weighted by Crippen LogP contribution is -2.21. The van der Waals surface area contributed by atoms with Gasteiger partial charge in [0.05, 0.1) is 4.88 Å². The van der Waals surface area contributed by atoms with Gasteiger partial charge in [0.15, 0.2) is 5.13 Å². The van der Waals surface area contributed by atoms with Gasteiger partial charge in [-0.1, -0.05) is 43.9 Å². The molecule has 0 unspecified atom stereocenters. The molecule has 0 aliphatic rings. The molecule has 4 aromatic rings. The van der Waals surface area contributed by atoms with Crippen LogP contribution in [0.15, 0.2) is 61.6 Å². The van der Waals surface area contributed by atoms with Gasteiger partial charge in [-0.3, -0.25) is 0 Å². The number of fused-ring (bicyclic) bond motifs is 1. The van der Waals surface area contributed by atoms with Crippen molar-refractivity contribution in [3.8, 4) is 10.4 Å². The van der Waals surface area contributed by atoms with Crippen molar-refractivity contribution in [1.29, 1.82) is 0 Å². The molecule has 4 rings (SSSR count). The van der Waals surface area contributed by atoms with Gasteiger partial charge in [0.2, 0.25) is 0 Å². The minimum absolute atomic E-state index is 0.566. The quantitative estimate of drug-likeness (QED) is 0.323. The van der Waals surface area contributed by atoms with E-state index >= 15 is 0 Å². The van der Waals surface area contributed by atoms with Gasteiger partial charge in [0.25, 0.3) is 0 Å². The summed E-state index contributed by atoms with van der Waals surface area (Å²) in [6.45, 7) is 9.94. The zero-order valence-electron chi connectivity index (χ0n) is 19.6. The third-order valence-corrected chi connectivity index (χ3v) is 5.66. The largest absolute Gasteiger partial charge is 0.375 e. The molecular weight excluding hydrogens is 430 g/mol. The topological polar surface area (TPSA) is 92.0 Å². The summed E-state index contributed by atoms with van der Waals surface area (Å²) in [5.74, 6) is 1.56. The molecule has 8 heteroatoms. The number of benzene rings is 1. The Labute approximate surface area is 199 Å². The minimum atomic E-state index is 0.566.